The fourth-order valence-electron chi connectivity index (χ4n) is 1.97. The molecular formula is C12H22N2O4S. The first kappa shape index (κ1) is 16.1. The Balaban J connectivity index is 2.33. The molecule has 1 fully saturated rings. The molecule has 0 spiro atoms. The zero-order chi connectivity index (χ0) is 14.3. The second-order valence-corrected chi connectivity index (χ2v) is 6.01. The van der Waals surface area contributed by atoms with Crippen LogP contribution in [-0.2, 0) is 9.53 Å². The van der Waals surface area contributed by atoms with E-state index >= 15 is 0 Å². The summed E-state index contributed by atoms with van der Waals surface area (Å²) in [5.41, 5.74) is 0. The molecule has 0 saturated heterocycles. The lowest BCUT2D eigenvalue weighted by Crippen LogP contribution is -2.51. The molecule has 19 heavy (non-hydrogen) atoms. The van der Waals surface area contributed by atoms with Crippen molar-refractivity contribution < 1.29 is 19.4 Å². The van der Waals surface area contributed by atoms with Gasteiger partial charge in [0.1, 0.15) is 6.04 Å². The largest absolute Gasteiger partial charge is 0.480 e. The fraction of sp³-hybridized carbons (Fsp3) is 0.833. The minimum Gasteiger partial charge on any atom is -0.480 e. The van der Waals surface area contributed by atoms with Crippen molar-refractivity contribution >= 4 is 23.8 Å². The van der Waals surface area contributed by atoms with E-state index in [4.69, 9.17) is 9.84 Å². The Kier molecular flexibility index (Phi) is 6.44. The molecular weight excluding hydrogens is 268 g/mol. The highest BCUT2D eigenvalue weighted by atomic mass is 32.2. The monoisotopic (exact) mass is 290 g/mol. The number of rotatable bonds is 8. The average Bonchev–Trinajstić information content (AvgIpc) is 2.33. The molecule has 1 aliphatic rings. The molecule has 0 radical (unpaired) electrons. The summed E-state index contributed by atoms with van der Waals surface area (Å²) in [5.74, 6) is -1.05. The van der Waals surface area contributed by atoms with E-state index in [1.807, 2.05) is 6.26 Å². The van der Waals surface area contributed by atoms with Gasteiger partial charge in [-0.2, -0.15) is 11.8 Å². The smallest absolute Gasteiger partial charge is 0.326 e. The van der Waals surface area contributed by atoms with Crippen LogP contribution in [0.3, 0.4) is 0 Å². The van der Waals surface area contributed by atoms with Crippen LogP contribution in [0.4, 0.5) is 4.79 Å². The lowest BCUT2D eigenvalue weighted by atomic mass is 9.84. The van der Waals surface area contributed by atoms with Gasteiger partial charge < -0.3 is 20.5 Å². The minimum atomic E-state index is -1.05. The number of carboxylic acids is 1. The summed E-state index contributed by atoms with van der Waals surface area (Å²) in [6, 6.07) is -1.34. The highest BCUT2D eigenvalue weighted by Crippen LogP contribution is 2.42. The van der Waals surface area contributed by atoms with Gasteiger partial charge in [-0.05, 0) is 19.1 Å². The Hall–Kier alpha value is -0.950. The maximum Gasteiger partial charge on any atom is 0.326 e. The first-order valence-corrected chi connectivity index (χ1v) is 7.57. The molecule has 1 atom stereocenters. The predicted molar refractivity (Wildman–Crippen MR) is 74.5 cm³/mol. The molecule has 0 aromatic carbocycles. The molecule has 0 bridgehead atoms. The average molecular weight is 290 g/mol. The van der Waals surface area contributed by atoms with Gasteiger partial charge in [0.25, 0.3) is 0 Å². The number of hydrogen-bond acceptors (Lipinski definition) is 4. The van der Waals surface area contributed by atoms with Crippen molar-refractivity contribution in [1.82, 2.24) is 10.6 Å². The second-order valence-electron chi connectivity index (χ2n) is 4.74. The molecule has 7 heteroatoms. The van der Waals surface area contributed by atoms with E-state index in [2.05, 4.69) is 10.6 Å². The quantitative estimate of drug-likeness (QED) is 0.622. The number of carbonyl (C=O) groups is 2. The highest BCUT2D eigenvalue weighted by Gasteiger charge is 2.36. The van der Waals surface area contributed by atoms with Crippen LogP contribution in [0.1, 0.15) is 25.7 Å². The first-order valence-electron chi connectivity index (χ1n) is 6.34. The number of urea groups is 1. The first-order chi connectivity index (χ1) is 9.03. The van der Waals surface area contributed by atoms with Gasteiger partial charge in [0.05, 0.1) is 0 Å². The third-order valence-corrected chi connectivity index (χ3v) is 4.90. The summed E-state index contributed by atoms with van der Waals surface area (Å²) < 4.78 is 4.97. The van der Waals surface area contributed by atoms with Crippen LogP contribution in [0.2, 0.25) is 0 Å². The Morgan fingerprint density at radius 2 is 2.16 bits per heavy atom. The minimum absolute atomic E-state index is 0.141. The molecule has 3 N–H and O–H groups in total. The number of ether oxygens (including phenoxy) is 1. The third-order valence-electron chi connectivity index (χ3n) is 3.48. The van der Waals surface area contributed by atoms with Crippen LogP contribution in [0, 0.1) is 0 Å². The molecule has 0 aliphatic heterocycles. The van der Waals surface area contributed by atoms with Crippen molar-refractivity contribution in [3.8, 4) is 0 Å². The van der Waals surface area contributed by atoms with Gasteiger partial charge in [0.2, 0.25) is 0 Å². The Labute approximate surface area is 117 Å². The van der Waals surface area contributed by atoms with Gasteiger partial charge >= 0.3 is 12.0 Å². The van der Waals surface area contributed by atoms with E-state index in [-0.39, 0.29) is 11.2 Å². The summed E-state index contributed by atoms with van der Waals surface area (Å²) >= 11 is 1.76. The number of carboxylic acid groups (broad SMARTS) is 1. The van der Waals surface area contributed by atoms with Crippen LogP contribution in [-0.4, -0.2) is 54.4 Å². The van der Waals surface area contributed by atoms with Crippen molar-refractivity contribution in [2.24, 2.45) is 0 Å². The number of hydrogen-bond donors (Lipinski definition) is 3. The Morgan fingerprint density at radius 3 is 2.58 bits per heavy atom. The number of thioether (sulfide) groups is 1. The van der Waals surface area contributed by atoms with Crippen LogP contribution in [0.25, 0.3) is 0 Å². The van der Waals surface area contributed by atoms with Crippen molar-refractivity contribution in [3.05, 3.63) is 0 Å². The molecule has 2 amide bonds. The van der Waals surface area contributed by atoms with Crippen LogP contribution in [0.5, 0.6) is 0 Å². The van der Waals surface area contributed by atoms with Gasteiger partial charge in [-0.25, -0.2) is 9.59 Å². The third kappa shape index (κ3) is 4.91. The lowest BCUT2D eigenvalue weighted by molar-refractivity contribution is -0.139. The number of methoxy groups -OCH3 is 1. The standard InChI is InChI=1S/C12H22N2O4S/c1-18-7-4-9(10(15)16)14-11(17)13-8-12(19-2)5-3-6-12/h9H,3-8H2,1-2H3,(H,15,16)(H2,13,14,17). The van der Waals surface area contributed by atoms with E-state index in [0.717, 1.165) is 12.8 Å². The van der Waals surface area contributed by atoms with Crippen molar-refractivity contribution in [2.45, 2.75) is 36.5 Å². The normalized spacial score (nSPS) is 18.2. The molecule has 0 aromatic rings. The summed E-state index contributed by atoms with van der Waals surface area (Å²) in [5, 5.41) is 14.2. The molecule has 1 saturated carbocycles. The SMILES string of the molecule is COCCC(NC(=O)NCC1(SC)CCC1)C(=O)O. The van der Waals surface area contributed by atoms with E-state index in [9.17, 15) is 9.59 Å². The zero-order valence-electron chi connectivity index (χ0n) is 11.4. The summed E-state index contributed by atoms with van der Waals surface area (Å²) in [6.07, 6.45) is 5.68. The van der Waals surface area contributed by atoms with Crippen molar-refractivity contribution in [2.75, 3.05) is 26.5 Å². The van der Waals surface area contributed by atoms with Gasteiger partial charge in [-0.1, -0.05) is 6.42 Å². The molecule has 1 unspecified atom stereocenters. The predicted octanol–water partition coefficient (Wildman–Crippen LogP) is 1.06. The number of aliphatic carboxylic acids is 1. The summed E-state index contributed by atoms with van der Waals surface area (Å²) in [6.45, 7) is 0.878. The van der Waals surface area contributed by atoms with Gasteiger partial charge in [0, 0.05) is 31.4 Å². The second kappa shape index (κ2) is 7.59. The van der Waals surface area contributed by atoms with E-state index in [0.29, 0.717) is 13.2 Å². The highest BCUT2D eigenvalue weighted by molar-refractivity contribution is 8.00. The van der Waals surface area contributed by atoms with Crippen LogP contribution < -0.4 is 10.6 Å². The van der Waals surface area contributed by atoms with Gasteiger partial charge in [-0.3, -0.25) is 0 Å². The number of nitrogens with one attached hydrogen (secondary N) is 2. The number of carbonyl (C=O) groups excluding carboxylic acids is 1. The summed E-state index contributed by atoms with van der Waals surface area (Å²) in [7, 11) is 1.50. The van der Waals surface area contributed by atoms with Crippen molar-refractivity contribution in [3.63, 3.8) is 0 Å². The molecule has 110 valence electrons. The maximum absolute atomic E-state index is 11.7. The van der Waals surface area contributed by atoms with E-state index in [1.165, 1.54) is 13.5 Å². The zero-order valence-corrected chi connectivity index (χ0v) is 12.2. The Morgan fingerprint density at radius 1 is 1.47 bits per heavy atom. The maximum atomic E-state index is 11.7. The molecule has 0 heterocycles. The van der Waals surface area contributed by atoms with E-state index < -0.39 is 18.0 Å². The molecule has 1 aliphatic carbocycles. The van der Waals surface area contributed by atoms with E-state index in [1.54, 1.807) is 11.8 Å². The molecule has 6 nitrogen and oxygen atoms in total. The van der Waals surface area contributed by atoms with Gasteiger partial charge in [0.15, 0.2) is 0 Å². The van der Waals surface area contributed by atoms with Crippen molar-refractivity contribution in [1.29, 1.82) is 0 Å². The van der Waals surface area contributed by atoms with Crippen LogP contribution >= 0.6 is 11.8 Å². The van der Waals surface area contributed by atoms with Gasteiger partial charge in [-0.15, -0.1) is 0 Å². The molecule has 1 rings (SSSR count). The fourth-order valence-corrected chi connectivity index (χ4v) is 2.88. The topological polar surface area (TPSA) is 87.7 Å². The Bertz CT molecular complexity index is 315. The number of amides is 2. The molecule has 0 aromatic heterocycles. The summed E-state index contributed by atoms with van der Waals surface area (Å²) in [4.78, 5) is 22.7. The van der Waals surface area contributed by atoms with Crippen LogP contribution in [0.15, 0.2) is 0 Å². The lowest BCUT2D eigenvalue weighted by Gasteiger charge is -2.40.